The van der Waals surface area contributed by atoms with Gasteiger partial charge in [0.1, 0.15) is 0 Å². The van der Waals surface area contributed by atoms with Gasteiger partial charge in [0.25, 0.3) is 0 Å². The highest BCUT2D eigenvalue weighted by Crippen LogP contribution is 2.37. The maximum atomic E-state index is 4.81. The summed E-state index contributed by atoms with van der Waals surface area (Å²) in [5.74, 6) is 0. The summed E-state index contributed by atoms with van der Waals surface area (Å²) in [5.41, 5.74) is 4.10. The molecule has 2 aromatic heterocycles. The van der Waals surface area contributed by atoms with Crippen molar-refractivity contribution in [2.75, 3.05) is 0 Å². The zero-order chi connectivity index (χ0) is 13.6. The van der Waals surface area contributed by atoms with Crippen molar-refractivity contribution in [3.8, 4) is 0 Å². The first kappa shape index (κ1) is 13.1. The number of fused-ring (bicyclic) bond motifs is 1. The van der Waals surface area contributed by atoms with Gasteiger partial charge in [-0.3, -0.25) is 0 Å². The normalized spacial score (nSPS) is 13.2. The second kappa shape index (κ2) is 4.11. The third-order valence-electron chi connectivity index (χ3n) is 3.81. The van der Waals surface area contributed by atoms with Gasteiger partial charge in [0.15, 0.2) is 0 Å². The summed E-state index contributed by atoms with van der Waals surface area (Å²) in [4.78, 5) is 0. The molecule has 0 amide bonds. The summed E-state index contributed by atoms with van der Waals surface area (Å²) < 4.78 is 2.02. The number of rotatable bonds is 2. The molecule has 0 aromatic carbocycles. The van der Waals surface area contributed by atoms with Gasteiger partial charge in [-0.15, -0.1) is 0 Å². The number of hydrogen-bond donors (Lipinski definition) is 0. The first-order chi connectivity index (χ1) is 8.27. The Hall–Kier alpha value is -1.31. The van der Waals surface area contributed by atoms with Gasteiger partial charge in [-0.25, -0.2) is 4.52 Å². The van der Waals surface area contributed by atoms with Gasteiger partial charge in [-0.05, 0) is 24.0 Å². The summed E-state index contributed by atoms with van der Waals surface area (Å²) in [7, 11) is 0. The smallest absolute Gasteiger partial charge is 0.0725 e. The highest BCUT2D eigenvalue weighted by Gasteiger charge is 2.32. The molecule has 0 unspecified atom stereocenters. The predicted molar refractivity (Wildman–Crippen MR) is 77.2 cm³/mol. The SMILES string of the molecule is CCC(C)(C)c1c(C(C)(C)C)nn2ccccc12. The Morgan fingerprint density at radius 1 is 1.11 bits per heavy atom. The summed E-state index contributed by atoms with van der Waals surface area (Å²) in [6.45, 7) is 13.6. The quantitative estimate of drug-likeness (QED) is 0.769. The third-order valence-corrected chi connectivity index (χ3v) is 3.81. The van der Waals surface area contributed by atoms with E-state index >= 15 is 0 Å². The highest BCUT2D eigenvalue weighted by molar-refractivity contribution is 5.60. The third kappa shape index (κ3) is 2.05. The average Bonchev–Trinajstić information content (AvgIpc) is 2.68. The van der Waals surface area contributed by atoms with Crippen LogP contribution in [0.5, 0.6) is 0 Å². The van der Waals surface area contributed by atoms with Crippen LogP contribution in [0.2, 0.25) is 0 Å². The van der Waals surface area contributed by atoms with E-state index in [4.69, 9.17) is 5.10 Å². The molecule has 0 saturated heterocycles. The Morgan fingerprint density at radius 2 is 1.78 bits per heavy atom. The van der Waals surface area contributed by atoms with Crippen LogP contribution in [-0.4, -0.2) is 9.61 Å². The van der Waals surface area contributed by atoms with Crippen molar-refractivity contribution in [3.63, 3.8) is 0 Å². The van der Waals surface area contributed by atoms with Crippen LogP contribution in [0.1, 0.15) is 59.2 Å². The molecule has 2 aromatic rings. The largest absolute Gasteiger partial charge is 0.240 e. The summed E-state index contributed by atoms with van der Waals surface area (Å²) >= 11 is 0. The lowest BCUT2D eigenvalue weighted by atomic mass is 9.76. The van der Waals surface area contributed by atoms with Crippen molar-refractivity contribution < 1.29 is 0 Å². The molecule has 18 heavy (non-hydrogen) atoms. The fourth-order valence-electron chi connectivity index (χ4n) is 2.37. The minimum absolute atomic E-state index is 0.0772. The highest BCUT2D eigenvalue weighted by atomic mass is 15.2. The number of nitrogens with zero attached hydrogens (tertiary/aromatic N) is 2. The molecule has 2 rings (SSSR count). The lowest BCUT2D eigenvalue weighted by Crippen LogP contribution is -2.23. The van der Waals surface area contributed by atoms with E-state index in [0.717, 1.165) is 6.42 Å². The molecule has 2 heteroatoms. The van der Waals surface area contributed by atoms with Gasteiger partial charge in [-0.1, -0.05) is 47.6 Å². The Morgan fingerprint density at radius 3 is 2.33 bits per heavy atom. The minimum Gasteiger partial charge on any atom is -0.240 e. The molecular formula is C16H24N2. The predicted octanol–water partition coefficient (Wildman–Crippen LogP) is 4.32. The van der Waals surface area contributed by atoms with Crippen LogP contribution >= 0.6 is 0 Å². The molecule has 2 nitrogen and oxygen atoms in total. The first-order valence-corrected chi connectivity index (χ1v) is 6.75. The Balaban J connectivity index is 2.82. The van der Waals surface area contributed by atoms with Gasteiger partial charge in [-0.2, -0.15) is 5.10 Å². The van der Waals surface area contributed by atoms with Gasteiger partial charge in [0.05, 0.1) is 11.2 Å². The molecule has 0 radical (unpaired) electrons. The van der Waals surface area contributed by atoms with Crippen LogP contribution < -0.4 is 0 Å². The molecule has 0 atom stereocenters. The fraction of sp³-hybridized carbons (Fsp3) is 0.562. The molecule has 0 bridgehead atoms. The Bertz CT molecular complexity index is 556. The summed E-state index contributed by atoms with van der Waals surface area (Å²) in [5, 5.41) is 4.81. The maximum Gasteiger partial charge on any atom is 0.0725 e. The van der Waals surface area contributed by atoms with Crippen LogP contribution in [-0.2, 0) is 10.8 Å². The molecule has 0 aliphatic rings. The van der Waals surface area contributed by atoms with Crippen LogP contribution in [0, 0.1) is 0 Å². The summed E-state index contributed by atoms with van der Waals surface area (Å²) in [6, 6.07) is 6.31. The fourth-order valence-corrected chi connectivity index (χ4v) is 2.37. The lowest BCUT2D eigenvalue weighted by Gasteiger charge is -2.27. The zero-order valence-corrected chi connectivity index (χ0v) is 12.4. The molecule has 0 aliphatic heterocycles. The molecule has 0 spiro atoms. The minimum atomic E-state index is 0.0772. The van der Waals surface area contributed by atoms with Crippen LogP contribution in [0.15, 0.2) is 24.4 Å². The Kier molecular flexibility index (Phi) is 3.00. The summed E-state index contributed by atoms with van der Waals surface area (Å²) in [6.07, 6.45) is 3.16. The number of pyridine rings is 1. The van der Waals surface area contributed by atoms with Gasteiger partial charge < -0.3 is 0 Å². The maximum absolute atomic E-state index is 4.81. The van der Waals surface area contributed by atoms with Crippen molar-refractivity contribution in [1.29, 1.82) is 0 Å². The van der Waals surface area contributed by atoms with Crippen molar-refractivity contribution in [2.45, 2.75) is 58.8 Å². The van der Waals surface area contributed by atoms with E-state index in [1.165, 1.54) is 16.8 Å². The second-order valence-corrected chi connectivity index (χ2v) is 6.74. The monoisotopic (exact) mass is 244 g/mol. The van der Waals surface area contributed by atoms with Crippen LogP contribution in [0.4, 0.5) is 0 Å². The van der Waals surface area contributed by atoms with Crippen LogP contribution in [0.25, 0.3) is 5.52 Å². The van der Waals surface area contributed by atoms with E-state index < -0.39 is 0 Å². The van der Waals surface area contributed by atoms with E-state index in [1.54, 1.807) is 0 Å². The molecule has 0 saturated carbocycles. The van der Waals surface area contributed by atoms with Gasteiger partial charge in [0.2, 0.25) is 0 Å². The molecule has 0 N–H and O–H groups in total. The van der Waals surface area contributed by atoms with E-state index in [9.17, 15) is 0 Å². The molecule has 98 valence electrons. The van der Waals surface area contributed by atoms with E-state index in [1.807, 2.05) is 16.8 Å². The number of aromatic nitrogens is 2. The zero-order valence-electron chi connectivity index (χ0n) is 12.4. The lowest BCUT2D eigenvalue weighted by molar-refractivity contribution is 0.478. The molecular weight excluding hydrogens is 220 g/mol. The first-order valence-electron chi connectivity index (χ1n) is 6.75. The number of hydrogen-bond acceptors (Lipinski definition) is 1. The van der Waals surface area contributed by atoms with Crippen molar-refractivity contribution in [2.24, 2.45) is 0 Å². The average molecular weight is 244 g/mol. The Labute approximate surface area is 110 Å². The van der Waals surface area contributed by atoms with Crippen LogP contribution in [0.3, 0.4) is 0 Å². The standard InChI is InChI=1S/C16H24N2/c1-7-16(5,6)13-12-10-8-9-11-18(12)17-14(13)15(2,3)4/h8-11H,7H2,1-6H3. The topological polar surface area (TPSA) is 17.3 Å². The van der Waals surface area contributed by atoms with E-state index in [-0.39, 0.29) is 10.8 Å². The molecule has 0 fully saturated rings. The van der Waals surface area contributed by atoms with Crippen molar-refractivity contribution in [3.05, 3.63) is 35.7 Å². The van der Waals surface area contributed by atoms with E-state index in [0.29, 0.717) is 0 Å². The van der Waals surface area contributed by atoms with Crippen molar-refractivity contribution in [1.82, 2.24) is 9.61 Å². The van der Waals surface area contributed by atoms with Gasteiger partial charge >= 0.3 is 0 Å². The second-order valence-electron chi connectivity index (χ2n) is 6.74. The van der Waals surface area contributed by atoms with Crippen molar-refractivity contribution >= 4 is 5.52 Å². The van der Waals surface area contributed by atoms with E-state index in [2.05, 4.69) is 53.7 Å². The molecule has 0 aliphatic carbocycles. The van der Waals surface area contributed by atoms with Gasteiger partial charge in [0, 0.05) is 17.2 Å². The molecule has 2 heterocycles.